The molecule has 0 aliphatic heterocycles. The molecule has 2 aromatic heterocycles. The molecule has 2 N–H and O–H groups in total. The third-order valence-electron chi connectivity index (χ3n) is 4.70. The Labute approximate surface area is 277 Å². The van der Waals surface area contributed by atoms with Crippen LogP contribution in [0.5, 0.6) is 0 Å². The van der Waals surface area contributed by atoms with Crippen LogP contribution in [0.2, 0.25) is 0 Å². The summed E-state index contributed by atoms with van der Waals surface area (Å²) < 4.78 is 9.86. The Bertz CT molecular complexity index is 1090. The monoisotopic (exact) mass is 601 g/mol. The molecule has 0 fully saturated rings. The number of aliphatic hydroxyl groups excluding tert-OH is 2. The summed E-state index contributed by atoms with van der Waals surface area (Å²) in [5.74, 6) is 5.23. The summed E-state index contributed by atoms with van der Waals surface area (Å²) in [5.41, 5.74) is 2.12. The molecule has 0 amide bonds. The summed E-state index contributed by atoms with van der Waals surface area (Å²) in [6, 6.07) is 3.67. The highest BCUT2D eigenvalue weighted by Crippen LogP contribution is 2.24. The number of aryl methyl sites for hydroxylation is 3. The topological polar surface area (TPSA) is 93.1 Å². The van der Waals surface area contributed by atoms with E-state index in [9.17, 15) is 9.59 Å². The van der Waals surface area contributed by atoms with Gasteiger partial charge in [0.05, 0.1) is 24.7 Å². The van der Waals surface area contributed by atoms with Crippen molar-refractivity contribution in [2.75, 3.05) is 26.4 Å². The van der Waals surface area contributed by atoms with Crippen LogP contribution in [-0.2, 0) is 15.9 Å². The lowest BCUT2D eigenvalue weighted by Crippen LogP contribution is -2.28. The predicted octanol–water partition coefficient (Wildman–Crippen LogP) is 0.327. The molecule has 2 heterocycles. The van der Waals surface area contributed by atoms with Gasteiger partial charge in [0.1, 0.15) is 9.75 Å². The zero-order chi connectivity index (χ0) is 33.2. The summed E-state index contributed by atoms with van der Waals surface area (Å²) in [6.45, 7) is 8.57. The van der Waals surface area contributed by atoms with Gasteiger partial charge in [0.25, 0.3) is 0 Å². The highest BCUT2D eigenvalue weighted by molar-refractivity contribution is 7.66. The number of carbonyl (C=O) groups excluding carboxylic acids is 2. The molecule has 0 bridgehead atoms. The number of carbonyl (C=O) groups is 2. The first-order valence-corrected chi connectivity index (χ1v) is 15.3. The second-order valence-corrected chi connectivity index (χ2v) is 10.7. The van der Waals surface area contributed by atoms with Crippen LogP contribution in [0, 0.1) is 25.7 Å². The van der Waals surface area contributed by atoms with Crippen LogP contribution < -0.4 is 0 Å². The predicted molar refractivity (Wildman–Crippen MR) is 192 cm³/mol. The number of ether oxygens (including phenoxy) is 2. The Morgan fingerprint density at radius 3 is 1.84 bits per heavy atom. The first-order chi connectivity index (χ1) is 20.4. The van der Waals surface area contributed by atoms with Crippen molar-refractivity contribution in [1.29, 1.82) is 0 Å². The van der Waals surface area contributed by atoms with Crippen LogP contribution in [0.3, 0.4) is 0 Å². The average molecular weight is 600 g/mol. The zero-order valence-electron chi connectivity index (χ0n) is 25.5. The fourth-order valence-electron chi connectivity index (χ4n) is 2.70. The quantitative estimate of drug-likeness (QED) is 0.158. The van der Waals surface area contributed by atoms with Crippen molar-refractivity contribution in [3.8, 4) is 11.8 Å². The van der Waals surface area contributed by atoms with Crippen LogP contribution in [-0.4, -0.2) is 129 Å². The Morgan fingerprint density at radius 2 is 1.42 bits per heavy atom. The van der Waals surface area contributed by atoms with E-state index in [1.807, 2.05) is 19.9 Å². The fraction of sp³-hybridized carbons (Fsp3) is 0.500. The van der Waals surface area contributed by atoms with Crippen molar-refractivity contribution < 1.29 is 29.3 Å². The molecule has 0 atom stereocenters. The molecule has 0 aromatic carbocycles. The van der Waals surface area contributed by atoms with Gasteiger partial charge < -0.3 is 19.7 Å². The maximum absolute atomic E-state index is 11.5. The van der Waals surface area contributed by atoms with Gasteiger partial charge in [-0.05, 0) is 70.2 Å². The fourth-order valence-corrected chi connectivity index (χ4v) is 4.75. The normalized spacial score (nSPS) is 9.07. The smallest absolute Gasteiger partial charge is 0.348 e. The molecular formula is C24H32B11O6S2. The van der Waals surface area contributed by atoms with E-state index in [1.165, 1.54) is 48.7 Å². The van der Waals surface area contributed by atoms with E-state index in [4.69, 9.17) is 66.1 Å². The van der Waals surface area contributed by atoms with Gasteiger partial charge in [-0.3, -0.25) is 0 Å². The summed E-state index contributed by atoms with van der Waals surface area (Å²) in [6.07, 6.45) is 2.28. The Morgan fingerprint density at radius 1 is 0.884 bits per heavy atom. The van der Waals surface area contributed by atoms with Crippen LogP contribution in [0.15, 0.2) is 12.1 Å². The highest BCUT2D eigenvalue weighted by Gasteiger charge is 2.13. The Hall–Kier alpha value is -1.47. The molecule has 0 unspecified atom stereocenters. The maximum Gasteiger partial charge on any atom is 0.348 e. The molecular weight excluding hydrogens is 567 g/mol. The lowest BCUT2D eigenvalue weighted by Gasteiger charge is -1.98. The van der Waals surface area contributed by atoms with Crippen molar-refractivity contribution in [1.82, 2.24) is 0 Å². The van der Waals surface area contributed by atoms with Gasteiger partial charge in [-0.2, -0.15) is 0 Å². The molecule has 15 radical (unpaired) electrons. The van der Waals surface area contributed by atoms with Crippen molar-refractivity contribution in [3.05, 3.63) is 42.8 Å². The minimum absolute atomic E-state index is 0.0577. The van der Waals surface area contributed by atoms with E-state index in [1.54, 1.807) is 19.9 Å². The van der Waals surface area contributed by atoms with Crippen LogP contribution in [0.4, 0.5) is 0 Å². The lowest BCUT2D eigenvalue weighted by atomic mass is 8.91. The van der Waals surface area contributed by atoms with E-state index < -0.39 is 12.8 Å². The Kier molecular flexibility index (Phi) is 28.5. The largest absolute Gasteiger partial charge is 0.462 e. The summed E-state index contributed by atoms with van der Waals surface area (Å²) in [7, 11) is 33.5. The highest BCUT2D eigenvalue weighted by atomic mass is 32.1. The summed E-state index contributed by atoms with van der Waals surface area (Å²) >= 11 is 2.83. The molecule has 2 rings (SSSR count). The SMILES string of the molecule is CCOC(=O)c1cc(C)c(C#CCCO)s1.CCOC(=O)c1cc(C)c(CCCCO)s1.[B][B]B([B])[B].[B][B][B]B([B])[B]. The number of rotatable bonds is 12. The molecule has 209 valence electrons. The van der Waals surface area contributed by atoms with Crippen LogP contribution in [0.25, 0.3) is 0 Å². The van der Waals surface area contributed by atoms with Crippen molar-refractivity contribution >= 4 is 115 Å². The average Bonchev–Trinajstić information content (AvgIpc) is 3.52. The maximum atomic E-state index is 11.5. The zero-order valence-corrected chi connectivity index (χ0v) is 27.1. The number of hydrogen-bond acceptors (Lipinski definition) is 8. The molecule has 0 spiro atoms. The number of esters is 2. The van der Waals surface area contributed by atoms with Gasteiger partial charge >= 0.3 is 11.9 Å². The first-order valence-electron chi connectivity index (χ1n) is 13.6. The molecule has 0 saturated heterocycles. The van der Waals surface area contributed by atoms with Gasteiger partial charge in [-0.25, -0.2) is 9.59 Å². The van der Waals surface area contributed by atoms with Gasteiger partial charge in [0.15, 0.2) is 0 Å². The van der Waals surface area contributed by atoms with E-state index in [-0.39, 0.29) is 25.2 Å². The lowest BCUT2D eigenvalue weighted by molar-refractivity contribution is 0.0522. The second-order valence-electron chi connectivity index (χ2n) is 8.47. The van der Waals surface area contributed by atoms with Crippen molar-refractivity contribution in [2.45, 2.75) is 53.4 Å². The molecule has 0 saturated carbocycles. The number of aliphatic hydroxyl groups is 2. The van der Waals surface area contributed by atoms with E-state index in [0.29, 0.717) is 29.4 Å². The first kappa shape index (κ1) is 43.7. The van der Waals surface area contributed by atoms with Gasteiger partial charge in [-0.1, -0.05) is 11.8 Å². The summed E-state index contributed by atoms with van der Waals surface area (Å²) in [4.78, 5) is 26.3. The number of thiophene rings is 2. The molecule has 43 heavy (non-hydrogen) atoms. The Balaban J connectivity index is 0. The summed E-state index contributed by atoms with van der Waals surface area (Å²) in [5, 5.41) is 17.3. The molecule has 0 aliphatic rings. The minimum Gasteiger partial charge on any atom is -0.462 e. The van der Waals surface area contributed by atoms with Gasteiger partial charge in [0.2, 0.25) is 0 Å². The van der Waals surface area contributed by atoms with Crippen molar-refractivity contribution in [2.24, 2.45) is 0 Å². The van der Waals surface area contributed by atoms with E-state index in [2.05, 4.69) is 11.8 Å². The molecule has 19 heteroatoms. The number of unbranched alkanes of at least 4 members (excludes halogenated alkanes) is 1. The number of hydrogen-bond donors (Lipinski definition) is 2. The van der Waals surface area contributed by atoms with Crippen LogP contribution >= 0.6 is 22.7 Å². The van der Waals surface area contributed by atoms with E-state index in [0.717, 1.165) is 35.3 Å². The molecule has 0 aliphatic carbocycles. The van der Waals surface area contributed by atoms with Gasteiger partial charge in [-0.15, -0.1) is 22.7 Å². The molecule has 6 nitrogen and oxygen atoms in total. The standard InChI is InChI=1S/C12H18O3S.C12H14O3S.B6.B5/c2*1-3-15-12(14)11-8-9(2)10(16-11)6-4-5-7-13;1-4-5-6(2)3;1-4-5(2)3/h8,13H,3-7H2,1-2H3;8,13H,3,5,7H2,1-2H3;;. The third kappa shape index (κ3) is 22.7. The minimum atomic E-state index is -0.463. The third-order valence-corrected chi connectivity index (χ3v) is 7.11. The van der Waals surface area contributed by atoms with Gasteiger partial charge in [0, 0.05) is 98.3 Å². The van der Waals surface area contributed by atoms with Crippen molar-refractivity contribution in [3.63, 3.8) is 0 Å². The second kappa shape index (κ2) is 28.0. The van der Waals surface area contributed by atoms with Crippen LogP contribution in [0.1, 0.15) is 73.3 Å². The van der Waals surface area contributed by atoms with E-state index >= 15 is 0 Å². The molecule has 2 aromatic rings.